The summed E-state index contributed by atoms with van der Waals surface area (Å²) in [7, 11) is -3.95. The van der Waals surface area contributed by atoms with Crippen LogP contribution in [0.4, 0.5) is 5.82 Å². The van der Waals surface area contributed by atoms with Gasteiger partial charge in [-0.2, -0.15) is 0 Å². The van der Waals surface area contributed by atoms with Gasteiger partial charge in [0.15, 0.2) is 5.25 Å². The first-order valence-electron chi connectivity index (χ1n) is 4.19. The topological polar surface area (TPSA) is 96.4 Å². The van der Waals surface area contributed by atoms with E-state index in [0.29, 0.717) is 4.47 Å². The highest BCUT2D eigenvalue weighted by Crippen LogP contribution is 2.13. The van der Waals surface area contributed by atoms with E-state index in [4.69, 9.17) is 5.11 Å². The minimum Gasteiger partial charge on any atom is -0.480 e. The number of halogens is 1. The summed E-state index contributed by atoms with van der Waals surface area (Å²) in [6.45, 7) is 1.09. The Bertz CT molecular complexity index is 485. The van der Waals surface area contributed by atoms with Gasteiger partial charge < -0.3 is 5.11 Å². The van der Waals surface area contributed by atoms with E-state index in [2.05, 4.69) is 25.6 Å². The number of aliphatic carboxylic acids is 1. The van der Waals surface area contributed by atoms with Crippen molar-refractivity contribution in [2.45, 2.75) is 12.2 Å². The second-order valence-electron chi connectivity index (χ2n) is 2.99. The number of hydrogen-bond acceptors (Lipinski definition) is 4. The molecule has 1 aromatic rings. The van der Waals surface area contributed by atoms with Gasteiger partial charge >= 0.3 is 5.97 Å². The average molecular weight is 309 g/mol. The molecule has 88 valence electrons. The molecule has 0 bridgehead atoms. The third-order valence-electron chi connectivity index (χ3n) is 1.79. The van der Waals surface area contributed by atoms with Gasteiger partial charge in [-0.25, -0.2) is 13.4 Å². The molecule has 0 saturated heterocycles. The zero-order valence-electron chi connectivity index (χ0n) is 8.21. The van der Waals surface area contributed by atoms with Crippen molar-refractivity contribution in [3.8, 4) is 0 Å². The first-order chi connectivity index (χ1) is 7.33. The quantitative estimate of drug-likeness (QED) is 0.867. The second kappa shape index (κ2) is 4.79. The lowest BCUT2D eigenvalue weighted by molar-refractivity contribution is -0.136. The molecule has 1 aromatic heterocycles. The molecule has 0 amide bonds. The van der Waals surface area contributed by atoms with Crippen LogP contribution in [0, 0.1) is 0 Å². The first-order valence-corrected chi connectivity index (χ1v) is 6.53. The predicted molar refractivity (Wildman–Crippen MR) is 61.6 cm³/mol. The van der Waals surface area contributed by atoms with Gasteiger partial charge in [0.2, 0.25) is 10.0 Å². The van der Waals surface area contributed by atoms with Crippen molar-refractivity contribution in [2.24, 2.45) is 0 Å². The number of sulfonamides is 1. The van der Waals surface area contributed by atoms with Crippen LogP contribution in [0.25, 0.3) is 0 Å². The molecule has 1 rings (SSSR count). The van der Waals surface area contributed by atoms with Crippen LogP contribution in [0.3, 0.4) is 0 Å². The van der Waals surface area contributed by atoms with Gasteiger partial charge in [0.1, 0.15) is 5.82 Å². The van der Waals surface area contributed by atoms with Crippen molar-refractivity contribution in [3.05, 3.63) is 22.8 Å². The van der Waals surface area contributed by atoms with Gasteiger partial charge in [-0.15, -0.1) is 0 Å². The number of nitrogens with zero attached hydrogens (tertiary/aromatic N) is 1. The van der Waals surface area contributed by atoms with E-state index in [1.54, 1.807) is 6.07 Å². The van der Waals surface area contributed by atoms with Crippen LogP contribution in [0.5, 0.6) is 0 Å². The number of carboxylic acid groups (broad SMARTS) is 1. The fourth-order valence-electron chi connectivity index (χ4n) is 0.803. The fraction of sp³-hybridized carbons (Fsp3) is 0.250. The molecule has 1 heterocycles. The summed E-state index contributed by atoms with van der Waals surface area (Å²) in [4.78, 5) is 14.3. The van der Waals surface area contributed by atoms with Crippen LogP contribution < -0.4 is 4.72 Å². The third-order valence-corrected chi connectivity index (χ3v) is 3.88. The highest BCUT2D eigenvalue weighted by Gasteiger charge is 2.27. The van der Waals surface area contributed by atoms with Crippen molar-refractivity contribution in [3.63, 3.8) is 0 Å². The molecule has 1 atom stereocenters. The standard InChI is InChI=1S/C8H9BrN2O4S/c1-5(8(12)13)16(14,15)11-7-3-2-6(9)4-10-7/h2-5H,1H3,(H,10,11)(H,12,13). The number of aromatic nitrogens is 1. The van der Waals surface area contributed by atoms with Crippen molar-refractivity contribution in [2.75, 3.05) is 4.72 Å². The summed E-state index contributed by atoms with van der Waals surface area (Å²) in [5, 5.41) is 7.06. The van der Waals surface area contributed by atoms with Crippen LogP contribution in [-0.4, -0.2) is 29.7 Å². The summed E-state index contributed by atoms with van der Waals surface area (Å²) >= 11 is 3.14. The molecule has 0 spiro atoms. The number of pyridine rings is 1. The summed E-state index contributed by atoms with van der Waals surface area (Å²) in [5.74, 6) is -1.33. The molecule has 0 aromatic carbocycles. The largest absolute Gasteiger partial charge is 0.480 e. The van der Waals surface area contributed by atoms with Gasteiger partial charge in [0.05, 0.1) is 0 Å². The van der Waals surface area contributed by atoms with Gasteiger partial charge in [0, 0.05) is 10.7 Å². The van der Waals surface area contributed by atoms with Crippen molar-refractivity contribution >= 4 is 37.7 Å². The number of carboxylic acids is 1. The van der Waals surface area contributed by atoms with Crippen LogP contribution in [0.15, 0.2) is 22.8 Å². The summed E-state index contributed by atoms with van der Waals surface area (Å²) < 4.78 is 25.7. The normalized spacial score (nSPS) is 13.1. The maximum atomic E-state index is 11.5. The minimum absolute atomic E-state index is 0.0799. The van der Waals surface area contributed by atoms with Gasteiger partial charge in [-0.1, -0.05) is 0 Å². The minimum atomic E-state index is -3.95. The van der Waals surface area contributed by atoms with Crippen LogP contribution in [-0.2, 0) is 14.8 Å². The van der Waals surface area contributed by atoms with Crippen molar-refractivity contribution in [1.82, 2.24) is 4.98 Å². The Morgan fingerprint density at radius 3 is 2.62 bits per heavy atom. The molecule has 8 heteroatoms. The molecule has 0 radical (unpaired) electrons. The van der Waals surface area contributed by atoms with E-state index < -0.39 is 21.2 Å². The average Bonchev–Trinajstić information content (AvgIpc) is 2.20. The lowest BCUT2D eigenvalue weighted by Crippen LogP contribution is -2.32. The maximum absolute atomic E-state index is 11.5. The van der Waals surface area contributed by atoms with E-state index in [0.717, 1.165) is 6.92 Å². The molecule has 6 nitrogen and oxygen atoms in total. The molecule has 0 saturated carbocycles. The Labute approximate surface area is 101 Å². The van der Waals surface area contributed by atoms with Crippen LogP contribution >= 0.6 is 15.9 Å². The Hall–Kier alpha value is -1.15. The van der Waals surface area contributed by atoms with Crippen LogP contribution in [0.2, 0.25) is 0 Å². The first kappa shape index (κ1) is 12.9. The lowest BCUT2D eigenvalue weighted by atomic mass is 10.5. The fourth-order valence-corrected chi connectivity index (χ4v) is 1.89. The van der Waals surface area contributed by atoms with Gasteiger partial charge in [0.25, 0.3) is 0 Å². The smallest absolute Gasteiger partial charge is 0.323 e. The molecular weight excluding hydrogens is 300 g/mol. The molecule has 0 fully saturated rings. The van der Waals surface area contributed by atoms with Gasteiger partial charge in [-0.05, 0) is 35.0 Å². The third kappa shape index (κ3) is 3.17. The summed E-state index contributed by atoms with van der Waals surface area (Å²) in [6.07, 6.45) is 1.41. The maximum Gasteiger partial charge on any atom is 0.323 e. The van der Waals surface area contributed by atoms with Gasteiger partial charge in [-0.3, -0.25) is 9.52 Å². The Balaban J connectivity index is 2.89. The Morgan fingerprint density at radius 1 is 1.56 bits per heavy atom. The number of carbonyl (C=O) groups is 1. The molecule has 0 aliphatic carbocycles. The monoisotopic (exact) mass is 308 g/mol. The predicted octanol–water partition coefficient (Wildman–Crippen LogP) is 1.06. The summed E-state index contributed by atoms with van der Waals surface area (Å²) in [6, 6.07) is 3.02. The number of anilines is 1. The Morgan fingerprint density at radius 2 is 2.19 bits per heavy atom. The molecular formula is C8H9BrN2O4S. The number of rotatable bonds is 4. The second-order valence-corrected chi connectivity index (χ2v) is 5.91. The highest BCUT2D eigenvalue weighted by atomic mass is 79.9. The zero-order chi connectivity index (χ0) is 12.3. The molecule has 2 N–H and O–H groups in total. The van der Waals surface area contributed by atoms with Crippen molar-refractivity contribution < 1.29 is 18.3 Å². The molecule has 0 aliphatic rings. The van der Waals surface area contributed by atoms with E-state index in [9.17, 15) is 13.2 Å². The lowest BCUT2D eigenvalue weighted by Gasteiger charge is -2.10. The van der Waals surface area contributed by atoms with E-state index in [1.807, 2.05) is 0 Å². The Kier molecular flexibility index (Phi) is 3.87. The SMILES string of the molecule is CC(C(=O)O)S(=O)(=O)Nc1ccc(Br)cn1. The zero-order valence-corrected chi connectivity index (χ0v) is 10.6. The van der Waals surface area contributed by atoms with E-state index in [1.165, 1.54) is 12.3 Å². The summed E-state index contributed by atoms with van der Waals surface area (Å²) in [5.41, 5.74) is 0. The van der Waals surface area contributed by atoms with Crippen molar-refractivity contribution in [1.29, 1.82) is 0 Å². The molecule has 1 unspecified atom stereocenters. The van der Waals surface area contributed by atoms with E-state index >= 15 is 0 Å². The van der Waals surface area contributed by atoms with E-state index in [-0.39, 0.29) is 5.82 Å². The number of nitrogens with one attached hydrogen (secondary N) is 1. The molecule has 16 heavy (non-hydrogen) atoms. The molecule has 0 aliphatic heterocycles. The highest BCUT2D eigenvalue weighted by molar-refractivity contribution is 9.10. The number of hydrogen-bond donors (Lipinski definition) is 2. The van der Waals surface area contributed by atoms with Crippen LogP contribution in [0.1, 0.15) is 6.92 Å².